The minimum Gasteiger partial charge on any atom is -0.438 e. The summed E-state index contributed by atoms with van der Waals surface area (Å²) in [6.45, 7) is 3.91. The summed E-state index contributed by atoms with van der Waals surface area (Å²) in [7, 11) is 0. The standard InChI is InChI=1S/C28H29N3O4/c1-3-24(32)30-23-16-10-15-22(17-23)26-25(27(33)29-19(2)21-13-8-5-9-14-21)31(28(34)35-26)18-20-11-6-4-7-12-20/h4-17,19,25-26H,3,18H2,1-2H3,(H,29,33)(H,30,32)/t19-,25+,26+/m1/s1. The largest absolute Gasteiger partial charge is 0.438 e. The summed E-state index contributed by atoms with van der Waals surface area (Å²) < 4.78 is 5.75. The quantitative estimate of drug-likeness (QED) is 0.485. The number of nitrogens with one attached hydrogen (secondary N) is 2. The van der Waals surface area contributed by atoms with Crippen LogP contribution in [0.2, 0.25) is 0 Å². The predicted octanol–water partition coefficient (Wildman–Crippen LogP) is 4.97. The maximum absolute atomic E-state index is 13.6. The Morgan fingerprint density at radius 2 is 1.66 bits per heavy atom. The van der Waals surface area contributed by atoms with Crippen molar-refractivity contribution in [2.24, 2.45) is 0 Å². The molecule has 1 aliphatic heterocycles. The molecule has 0 radical (unpaired) electrons. The van der Waals surface area contributed by atoms with E-state index in [4.69, 9.17) is 4.74 Å². The molecule has 1 fully saturated rings. The molecule has 35 heavy (non-hydrogen) atoms. The molecule has 1 aliphatic rings. The first-order valence-electron chi connectivity index (χ1n) is 11.7. The van der Waals surface area contributed by atoms with Crippen LogP contribution in [-0.4, -0.2) is 28.8 Å². The smallest absolute Gasteiger partial charge is 0.411 e. The molecule has 0 saturated carbocycles. The third-order valence-electron chi connectivity index (χ3n) is 6.03. The van der Waals surface area contributed by atoms with Crippen LogP contribution in [0.25, 0.3) is 0 Å². The van der Waals surface area contributed by atoms with Crippen LogP contribution < -0.4 is 10.6 Å². The SMILES string of the molecule is CCC(=O)Nc1cccc([C@@H]2OC(=O)N(Cc3ccccc3)[C@@H]2C(=O)N[C@H](C)c2ccccc2)c1. The highest BCUT2D eigenvalue weighted by molar-refractivity contribution is 5.91. The van der Waals surface area contributed by atoms with Crippen molar-refractivity contribution in [3.05, 3.63) is 102 Å². The van der Waals surface area contributed by atoms with Crippen LogP contribution in [0.4, 0.5) is 10.5 Å². The normalized spacial score (nSPS) is 18.0. The maximum atomic E-state index is 13.6. The molecule has 3 atom stereocenters. The van der Waals surface area contributed by atoms with Crippen molar-refractivity contribution in [1.82, 2.24) is 10.2 Å². The molecule has 0 aliphatic carbocycles. The summed E-state index contributed by atoms with van der Waals surface area (Å²) in [5.41, 5.74) is 3.07. The number of hydrogen-bond acceptors (Lipinski definition) is 4. The van der Waals surface area contributed by atoms with Gasteiger partial charge in [-0.25, -0.2) is 4.79 Å². The first-order valence-corrected chi connectivity index (χ1v) is 11.7. The number of rotatable bonds is 8. The zero-order valence-electron chi connectivity index (χ0n) is 19.8. The van der Waals surface area contributed by atoms with Crippen molar-refractivity contribution >= 4 is 23.6 Å². The molecular formula is C28H29N3O4. The molecule has 0 bridgehead atoms. The number of amides is 3. The van der Waals surface area contributed by atoms with Gasteiger partial charge < -0.3 is 15.4 Å². The Morgan fingerprint density at radius 1 is 0.971 bits per heavy atom. The van der Waals surface area contributed by atoms with E-state index in [0.29, 0.717) is 17.7 Å². The van der Waals surface area contributed by atoms with Crippen molar-refractivity contribution < 1.29 is 19.1 Å². The van der Waals surface area contributed by atoms with Gasteiger partial charge in [0.25, 0.3) is 0 Å². The van der Waals surface area contributed by atoms with Gasteiger partial charge in [-0.1, -0.05) is 79.7 Å². The number of benzene rings is 3. The van der Waals surface area contributed by atoms with Gasteiger partial charge >= 0.3 is 6.09 Å². The second-order valence-corrected chi connectivity index (χ2v) is 8.53. The number of hydrogen-bond donors (Lipinski definition) is 2. The second-order valence-electron chi connectivity index (χ2n) is 8.53. The summed E-state index contributed by atoms with van der Waals surface area (Å²) in [6, 6.07) is 25.1. The molecule has 0 aromatic heterocycles. The first-order chi connectivity index (χ1) is 17.0. The number of ether oxygens (including phenoxy) is 1. The fraction of sp³-hybridized carbons (Fsp3) is 0.250. The molecule has 0 spiro atoms. The van der Waals surface area contributed by atoms with Crippen molar-refractivity contribution in [3.63, 3.8) is 0 Å². The fourth-order valence-electron chi connectivity index (χ4n) is 4.16. The highest BCUT2D eigenvalue weighted by Gasteiger charge is 2.47. The van der Waals surface area contributed by atoms with Crippen LogP contribution >= 0.6 is 0 Å². The fourth-order valence-corrected chi connectivity index (χ4v) is 4.16. The van der Waals surface area contributed by atoms with Crippen LogP contribution in [-0.2, 0) is 20.9 Å². The van der Waals surface area contributed by atoms with Gasteiger partial charge in [-0.05, 0) is 35.7 Å². The van der Waals surface area contributed by atoms with E-state index in [9.17, 15) is 14.4 Å². The van der Waals surface area contributed by atoms with Gasteiger partial charge in [0.1, 0.15) is 0 Å². The Bertz CT molecular complexity index is 1180. The molecule has 180 valence electrons. The maximum Gasteiger partial charge on any atom is 0.411 e. The Kier molecular flexibility index (Phi) is 7.45. The van der Waals surface area contributed by atoms with Crippen molar-refractivity contribution in [2.45, 2.75) is 45.0 Å². The van der Waals surface area contributed by atoms with E-state index in [0.717, 1.165) is 11.1 Å². The number of nitrogens with zero attached hydrogens (tertiary/aromatic N) is 1. The molecule has 0 unspecified atom stereocenters. The molecule has 3 amide bonds. The van der Waals surface area contributed by atoms with Crippen LogP contribution in [0.1, 0.15) is 49.1 Å². The molecule has 7 nitrogen and oxygen atoms in total. The highest BCUT2D eigenvalue weighted by Crippen LogP contribution is 2.35. The van der Waals surface area contributed by atoms with E-state index in [1.54, 1.807) is 31.2 Å². The Morgan fingerprint density at radius 3 is 2.34 bits per heavy atom. The van der Waals surface area contributed by atoms with Gasteiger partial charge in [-0.15, -0.1) is 0 Å². The average Bonchev–Trinajstić information content (AvgIpc) is 3.21. The van der Waals surface area contributed by atoms with E-state index >= 15 is 0 Å². The molecule has 4 rings (SSSR count). The van der Waals surface area contributed by atoms with E-state index in [1.165, 1.54) is 4.90 Å². The van der Waals surface area contributed by atoms with Crippen LogP contribution in [0.15, 0.2) is 84.9 Å². The number of cyclic esters (lactones) is 1. The lowest BCUT2D eigenvalue weighted by molar-refractivity contribution is -0.127. The lowest BCUT2D eigenvalue weighted by Gasteiger charge is -2.26. The lowest BCUT2D eigenvalue weighted by atomic mass is 9.99. The Hall–Kier alpha value is -4.13. The summed E-state index contributed by atoms with van der Waals surface area (Å²) in [6.07, 6.45) is -1.04. The van der Waals surface area contributed by atoms with Crippen molar-refractivity contribution in [2.75, 3.05) is 5.32 Å². The van der Waals surface area contributed by atoms with E-state index in [-0.39, 0.29) is 24.4 Å². The molecule has 3 aromatic rings. The third-order valence-corrected chi connectivity index (χ3v) is 6.03. The Labute approximate surface area is 205 Å². The number of carbonyl (C=O) groups excluding carboxylic acids is 3. The molecule has 7 heteroatoms. The first kappa shape index (κ1) is 24.0. The monoisotopic (exact) mass is 471 g/mol. The van der Waals surface area contributed by atoms with Crippen molar-refractivity contribution in [1.29, 1.82) is 0 Å². The summed E-state index contributed by atoms with van der Waals surface area (Å²) in [4.78, 5) is 40.0. The minimum atomic E-state index is -0.883. The topological polar surface area (TPSA) is 87.7 Å². The van der Waals surface area contributed by atoms with E-state index in [1.807, 2.05) is 67.6 Å². The van der Waals surface area contributed by atoms with E-state index in [2.05, 4.69) is 10.6 Å². The molecule has 3 aromatic carbocycles. The highest BCUT2D eigenvalue weighted by atomic mass is 16.6. The van der Waals surface area contributed by atoms with Gasteiger partial charge in [-0.3, -0.25) is 14.5 Å². The molecule has 1 saturated heterocycles. The molecule has 1 heterocycles. The zero-order chi connectivity index (χ0) is 24.8. The zero-order valence-corrected chi connectivity index (χ0v) is 19.8. The number of anilines is 1. The predicted molar refractivity (Wildman–Crippen MR) is 133 cm³/mol. The van der Waals surface area contributed by atoms with E-state index < -0.39 is 18.2 Å². The van der Waals surface area contributed by atoms with Crippen LogP contribution in [0.5, 0.6) is 0 Å². The minimum absolute atomic E-state index is 0.123. The summed E-state index contributed by atoms with van der Waals surface area (Å²) in [5, 5.41) is 5.87. The lowest BCUT2D eigenvalue weighted by Crippen LogP contribution is -2.46. The Balaban J connectivity index is 1.64. The molecular weight excluding hydrogens is 442 g/mol. The van der Waals surface area contributed by atoms with Crippen LogP contribution in [0, 0.1) is 0 Å². The van der Waals surface area contributed by atoms with Gasteiger partial charge in [0, 0.05) is 12.1 Å². The van der Waals surface area contributed by atoms with Crippen LogP contribution in [0.3, 0.4) is 0 Å². The van der Waals surface area contributed by atoms with Gasteiger partial charge in [0.15, 0.2) is 12.1 Å². The second kappa shape index (κ2) is 10.9. The third kappa shape index (κ3) is 5.69. The summed E-state index contributed by atoms with van der Waals surface area (Å²) >= 11 is 0. The van der Waals surface area contributed by atoms with Gasteiger partial charge in [0.2, 0.25) is 11.8 Å². The number of carbonyl (C=O) groups is 3. The molecule has 2 N–H and O–H groups in total. The van der Waals surface area contributed by atoms with Crippen molar-refractivity contribution in [3.8, 4) is 0 Å². The van der Waals surface area contributed by atoms with Gasteiger partial charge in [-0.2, -0.15) is 0 Å². The summed E-state index contributed by atoms with van der Waals surface area (Å²) in [5.74, 6) is -0.432. The van der Waals surface area contributed by atoms with Gasteiger partial charge in [0.05, 0.1) is 12.6 Å². The average molecular weight is 472 g/mol.